The van der Waals surface area contributed by atoms with E-state index in [9.17, 15) is 8.42 Å². The first-order chi connectivity index (χ1) is 9.51. The van der Waals surface area contributed by atoms with E-state index in [1.807, 2.05) is 31.4 Å². The van der Waals surface area contributed by atoms with Crippen LogP contribution in [0.5, 0.6) is 0 Å². The summed E-state index contributed by atoms with van der Waals surface area (Å²) in [6.45, 7) is 5.95. The molecule has 0 saturated heterocycles. The molecule has 110 valence electrons. The second-order valence-corrected chi connectivity index (χ2v) is 8.67. The molecule has 0 amide bonds. The molecule has 0 aromatic carbocycles. The zero-order valence-corrected chi connectivity index (χ0v) is 13.9. The van der Waals surface area contributed by atoms with Crippen LogP contribution in [0, 0.1) is 6.92 Å². The van der Waals surface area contributed by atoms with E-state index >= 15 is 0 Å². The van der Waals surface area contributed by atoms with Crippen molar-refractivity contribution in [2.24, 2.45) is 0 Å². The quantitative estimate of drug-likeness (QED) is 0.821. The lowest BCUT2D eigenvalue weighted by Gasteiger charge is -2.02. The molecular formula is C13H18N2O2S3. The van der Waals surface area contributed by atoms with Crippen molar-refractivity contribution in [2.75, 3.05) is 6.54 Å². The van der Waals surface area contributed by atoms with Gasteiger partial charge in [0, 0.05) is 22.8 Å². The zero-order valence-electron chi connectivity index (χ0n) is 11.5. The molecule has 0 fully saturated rings. The molecule has 2 aromatic heterocycles. The second kappa shape index (κ2) is 6.82. The van der Waals surface area contributed by atoms with E-state index < -0.39 is 10.0 Å². The molecule has 0 bridgehead atoms. The number of rotatable bonds is 7. The highest BCUT2D eigenvalue weighted by Crippen LogP contribution is 2.21. The summed E-state index contributed by atoms with van der Waals surface area (Å²) in [6, 6.07) is 5.68. The molecule has 0 atom stereocenters. The Bertz CT molecular complexity index is 659. The van der Waals surface area contributed by atoms with Crippen LogP contribution in [0.15, 0.2) is 27.8 Å². The molecular weight excluding hydrogens is 312 g/mol. The Balaban J connectivity index is 2.00. The van der Waals surface area contributed by atoms with E-state index in [0.717, 1.165) is 17.0 Å². The van der Waals surface area contributed by atoms with Crippen molar-refractivity contribution in [3.05, 3.63) is 38.9 Å². The molecule has 2 rings (SSSR count). The van der Waals surface area contributed by atoms with Crippen LogP contribution in [-0.2, 0) is 23.1 Å². The zero-order chi connectivity index (χ0) is 14.6. The Kier molecular flexibility index (Phi) is 5.34. The van der Waals surface area contributed by atoms with Gasteiger partial charge in [-0.2, -0.15) is 0 Å². The summed E-state index contributed by atoms with van der Waals surface area (Å²) < 4.78 is 27.4. The van der Waals surface area contributed by atoms with Gasteiger partial charge in [0.1, 0.15) is 4.21 Å². The maximum absolute atomic E-state index is 12.2. The molecule has 0 saturated carbocycles. The molecule has 2 heterocycles. The lowest BCUT2D eigenvalue weighted by atomic mass is 10.3. The Morgan fingerprint density at radius 3 is 2.70 bits per heavy atom. The van der Waals surface area contributed by atoms with Gasteiger partial charge in [-0.05, 0) is 42.6 Å². The number of hydrogen-bond donors (Lipinski definition) is 2. The first-order valence-corrected chi connectivity index (χ1v) is 9.52. The molecule has 0 aliphatic rings. The summed E-state index contributed by atoms with van der Waals surface area (Å²) in [5.41, 5.74) is 1.00. The second-order valence-electron chi connectivity index (χ2n) is 4.39. The third-order valence-corrected chi connectivity index (χ3v) is 6.60. The van der Waals surface area contributed by atoms with Crippen LogP contribution in [-0.4, -0.2) is 15.0 Å². The van der Waals surface area contributed by atoms with Crippen LogP contribution in [0.2, 0.25) is 0 Å². The predicted octanol–water partition coefficient (Wildman–Crippen LogP) is 2.71. The highest BCUT2D eigenvalue weighted by molar-refractivity contribution is 7.91. The van der Waals surface area contributed by atoms with E-state index in [0.29, 0.717) is 17.3 Å². The fraction of sp³-hybridized carbons (Fsp3) is 0.385. The van der Waals surface area contributed by atoms with E-state index in [1.165, 1.54) is 16.2 Å². The van der Waals surface area contributed by atoms with Gasteiger partial charge in [0.05, 0.1) is 0 Å². The highest BCUT2D eigenvalue weighted by atomic mass is 32.2. The maximum Gasteiger partial charge on any atom is 0.250 e. The molecule has 2 N–H and O–H groups in total. The van der Waals surface area contributed by atoms with Crippen LogP contribution < -0.4 is 10.0 Å². The van der Waals surface area contributed by atoms with Crippen molar-refractivity contribution in [3.8, 4) is 0 Å². The predicted molar refractivity (Wildman–Crippen MR) is 84.8 cm³/mol. The van der Waals surface area contributed by atoms with Crippen LogP contribution in [0.1, 0.15) is 22.2 Å². The van der Waals surface area contributed by atoms with E-state index in [2.05, 4.69) is 10.0 Å². The highest BCUT2D eigenvalue weighted by Gasteiger charge is 2.16. The summed E-state index contributed by atoms with van der Waals surface area (Å²) in [6.07, 6.45) is 0. The van der Waals surface area contributed by atoms with Crippen LogP contribution in [0.4, 0.5) is 0 Å². The van der Waals surface area contributed by atoms with Crippen molar-refractivity contribution >= 4 is 32.7 Å². The first-order valence-electron chi connectivity index (χ1n) is 6.34. The minimum absolute atomic E-state index is 0.348. The maximum atomic E-state index is 12.2. The standard InChI is InChI=1S/C13H18N2O2S3/c1-3-14-7-11-6-13(18-9-11)20(16,17)15-8-12-5-4-10(2)19-12/h4-6,9,14-15H,3,7-8H2,1-2H3. The topological polar surface area (TPSA) is 58.2 Å². The van der Waals surface area contributed by atoms with Gasteiger partial charge < -0.3 is 5.32 Å². The van der Waals surface area contributed by atoms with Crippen molar-refractivity contribution in [3.63, 3.8) is 0 Å². The van der Waals surface area contributed by atoms with Gasteiger partial charge in [-0.1, -0.05) is 6.92 Å². The van der Waals surface area contributed by atoms with Gasteiger partial charge in [0.25, 0.3) is 0 Å². The molecule has 20 heavy (non-hydrogen) atoms. The van der Waals surface area contributed by atoms with Crippen molar-refractivity contribution in [1.82, 2.24) is 10.0 Å². The Hall–Kier alpha value is -0.730. The number of thiophene rings is 2. The Labute approximate surface area is 127 Å². The molecule has 2 aromatic rings. The number of sulfonamides is 1. The van der Waals surface area contributed by atoms with Crippen LogP contribution in [0.3, 0.4) is 0 Å². The Morgan fingerprint density at radius 1 is 1.25 bits per heavy atom. The fourth-order valence-corrected chi connectivity index (χ4v) is 4.86. The van der Waals surface area contributed by atoms with E-state index in [-0.39, 0.29) is 0 Å². The smallest absolute Gasteiger partial charge is 0.250 e. The van der Waals surface area contributed by atoms with Crippen molar-refractivity contribution < 1.29 is 8.42 Å². The number of aryl methyl sites for hydroxylation is 1. The van der Waals surface area contributed by atoms with Crippen molar-refractivity contribution in [1.29, 1.82) is 0 Å². The normalized spacial score (nSPS) is 11.9. The summed E-state index contributed by atoms with van der Waals surface area (Å²) in [7, 11) is -3.41. The van der Waals surface area contributed by atoms with Gasteiger partial charge in [-0.3, -0.25) is 0 Å². The summed E-state index contributed by atoms with van der Waals surface area (Å²) in [5.74, 6) is 0. The third kappa shape index (κ3) is 4.13. The minimum atomic E-state index is -3.41. The van der Waals surface area contributed by atoms with Gasteiger partial charge >= 0.3 is 0 Å². The molecule has 7 heteroatoms. The molecule has 0 aliphatic carbocycles. The summed E-state index contributed by atoms with van der Waals surface area (Å²) in [5, 5.41) is 5.06. The summed E-state index contributed by atoms with van der Waals surface area (Å²) in [4.78, 5) is 2.21. The average Bonchev–Trinajstić information content (AvgIpc) is 3.03. The van der Waals surface area contributed by atoms with Crippen molar-refractivity contribution in [2.45, 2.75) is 31.1 Å². The van der Waals surface area contributed by atoms with Crippen LogP contribution >= 0.6 is 22.7 Å². The lowest BCUT2D eigenvalue weighted by molar-refractivity contribution is 0.584. The molecule has 0 spiro atoms. The minimum Gasteiger partial charge on any atom is -0.313 e. The first kappa shape index (κ1) is 15.7. The lowest BCUT2D eigenvalue weighted by Crippen LogP contribution is -2.21. The van der Waals surface area contributed by atoms with E-state index in [4.69, 9.17) is 0 Å². The summed E-state index contributed by atoms with van der Waals surface area (Å²) >= 11 is 2.87. The molecule has 0 unspecified atom stereocenters. The van der Waals surface area contributed by atoms with Gasteiger partial charge in [-0.15, -0.1) is 22.7 Å². The Morgan fingerprint density at radius 2 is 2.05 bits per heavy atom. The number of hydrogen-bond acceptors (Lipinski definition) is 5. The molecule has 4 nitrogen and oxygen atoms in total. The van der Waals surface area contributed by atoms with E-state index in [1.54, 1.807) is 17.4 Å². The van der Waals surface area contributed by atoms with Gasteiger partial charge in [0.15, 0.2) is 0 Å². The van der Waals surface area contributed by atoms with Crippen LogP contribution in [0.25, 0.3) is 0 Å². The fourth-order valence-electron chi connectivity index (χ4n) is 1.67. The average molecular weight is 331 g/mol. The third-order valence-electron chi connectivity index (χ3n) is 2.71. The molecule has 0 radical (unpaired) electrons. The van der Waals surface area contributed by atoms with Gasteiger partial charge in [-0.25, -0.2) is 13.1 Å². The largest absolute Gasteiger partial charge is 0.313 e. The number of nitrogens with one attached hydrogen (secondary N) is 2. The van der Waals surface area contributed by atoms with Gasteiger partial charge in [0.2, 0.25) is 10.0 Å². The SMILES string of the molecule is CCNCc1csc(S(=O)(=O)NCc2ccc(C)s2)c1. The molecule has 0 aliphatic heterocycles. The monoisotopic (exact) mass is 330 g/mol.